The fourth-order valence-electron chi connectivity index (χ4n) is 2.42. The van der Waals surface area contributed by atoms with Crippen LogP contribution in [0.25, 0.3) is 0 Å². The van der Waals surface area contributed by atoms with Crippen LogP contribution in [0.2, 0.25) is 0 Å². The molecule has 0 saturated carbocycles. The van der Waals surface area contributed by atoms with Crippen molar-refractivity contribution in [1.29, 1.82) is 0 Å². The van der Waals surface area contributed by atoms with Gasteiger partial charge in [0.2, 0.25) is 0 Å². The molecule has 3 unspecified atom stereocenters. The second-order valence-electron chi connectivity index (χ2n) is 4.60. The summed E-state index contributed by atoms with van der Waals surface area (Å²) in [5, 5.41) is 1.32. The third kappa shape index (κ3) is 3.28. The van der Waals surface area contributed by atoms with Crippen LogP contribution in [0.1, 0.15) is 25.6 Å². The van der Waals surface area contributed by atoms with Crippen molar-refractivity contribution in [3.05, 3.63) is 22.6 Å². The van der Waals surface area contributed by atoms with E-state index in [0.29, 0.717) is 17.0 Å². The molecule has 1 aliphatic rings. The number of halogens is 1. The minimum absolute atomic E-state index is 0.201. The fraction of sp³-hybridized carbons (Fsp3) is 0.667. The van der Waals surface area contributed by atoms with Crippen molar-refractivity contribution in [3.63, 3.8) is 0 Å². The zero-order chi connectivity index (χ0) is 12.4. The van der Waals surface area contributed by atoms with Gasteiger partial charge in [-0.1, -0.05) is 13.8 Å². The number of thioether (sulfide) groups is 1. The summed E-state index contributed by atoms with van der Waals surface area (Å²) in [6.45, 7) is 7.31. The van der Waals surface area contributed by atoms with Crippen molar-refractivity contribution in [2.75, 3.05) is 19.6 Å². The molecule has 0 aromatic carbocycles. The number of nitrogens with two attached hydrogens (primary N) is 1. The van der Waals surface area contributed by atoms with Gasteiger partial charge in [-0.3, -0.25) is 4.90 Å². The van der Waals surface area contributed by atoms with Crippen LogP contribution in [0, 0.1) is 0 Å². The van der Waals surface area contributed by atoms with E-state index in [4.69, 9.17) is 10.2 Å². The lowest BCUT2D eigenvalue weighted by Crippen LogP contribution is -2.44. The van der Waals surface area contributed by atoms with Crippen molar-refractivity contribution in [3.8, 4) is 0 Å². The molecule has 3 nitrogen and oxygen atoms in total. The average Bonchev–Trinajstić information content (AvgIpc) is 2.64. The minimum atomic E-state index is 0.201. The van der Waals surface area contributed by atoms with E-state index in [9.17, 15) is 0 Å². The molecule has 1 aromatic heterocycles. The first-order valence-electron chi connectivity index (χ1n) is 5.95. The Morgan fingerprint density at radius 2 is 2.12 bits per heavy atom. The van der Waals surface area contributed by atoms with Gasteiger partial charge in [0.05, 0.1) is 6.04 Å². The number of nitrogens with zero attached hydrogens (tertiary/aromatic N) is 1. The van der Waals surface area contributed by atoms with E-state index in [1.807, 2.05) is 12.1 Å². The molecular formula is C12H19BrN2OS. The first kappa shape index (κ1) is 13.5. The number of furan rings is 1. The molecule has 0 bridgehead atoms. The predicted octanol–water partition coefficient (Wildman–Crippen LogP) is 2.87. The summed E-state index contributed by atoms with van der Waals surface area (Å²) >= 11 is 5.40. The van der Waals surface area contributed by atoms with Crippen LogP contribution in [0.5, 0.6) is 0 Å². The average molecular weight is 319 g/mol. The highest BCUT2D eigenvalue weighted by Gasteiger charge is 2.29. The Balaban J connectivity index is 2.12. The highest BCUT2D eigenvalue weighted by atomic mass is 79.9. The summed E-state index contributed by atoms with van der Waals surface area (Å²) in [4.78, 5) is 2.44. The molecule has 2 rings (SSSR count). The maximum Gasteiger partial charge on any atom is 0.169 e. The topological polar surface area (TPSA) is 42.4 Å². The highest BCUT2D eigenvalue weighted by Crippen LogP contribution is 2.31. The van der Waals surface area contributed by atoms with Gasteiger partial charge in [-0.05, 0) is 28.1 Å². The Bertz CT molecular complexity index is 361. The van der Waals surface area contributed by atoms with Crippen LogP contribution in [-0.2, 0) is 0 Å². The van der Waals surface area contributed by atoms with Crippen molar-refractivity contribution in [2.24, 2.45) is 5.73 Å². The molecule has 3 atom stereocenters. The van der Waals surface area contributed by atoms with E-state index in [2.05, 4.69) is 46.4 Å². The molecule has 0 aliphatic carbocycles. The van der Waals surface area contributed by atoms with Gasteiger partial charge in [-0.2, -0.15) is 11.8 Å². The number of hydrogen-bond acceptors (Lipinski definition) is 4. The van der Waals surface area contributed by atoms with E-state index >= 15 is 0 Å². The normalized spacial score (nSPS) is 28.2. The van der Waals surface area contributed by atoms with Crippen LogP contribution in [0.3, 0.4) is 0 Å². The van der Waals surface area contributed by atoms with Gasteiger partial charge in [0, 0.05) is 30.1 Å². The standard InChI is InChI=1S/C12H19BrN2OS/c1-8-6-15(7-9(2)17-8)10(5-14)11-3-4-12(13)16-11/h3-4,8-10H,5-7,14H2,1-2H3. The first-order chi connectivity index (χ1) is 8.10. The molecule has 1 fully saturated rings. The summed E-state index contributed by atoms with van der Waals surface area (Å²) in [7, 11) is 0. The van der Waals surface area contributed by atoms with Gasteiger partial charge in [0.25, 0.3) is 0 Å². The van der Waals surface area contributed by atoms with Crippen LogP contribution in [0.4, 0.5) is 0 Å². The molecule has 2 N–H and O–H groups in total. The molecule has 0 spiro atoms. The maximum absolute atomic E-state index is 5.91. The van der Waals surface area contributed by atoms with Crippen LogP contribution in [0.15, 0.2) is 21.2 Å². The molecule has 2 heterocycles. The van der Waals surface area contributed by atoms with Gasteiger partial charge in [0.15, 0.2) is 4.67 Å². The molecule has 5 heteroatoms. The van der Waals surface area contributed by atoms with Gasteiger partial charge in [0.1, 0.15) is 5.76 Å². The van der Waals surface area contributed by atoms with E-state index in [1.165, 1.54) is 0 Å². The summed E-state index contributed by atoms with van der Waals surface area (Å²) in [6, 6.07) is 4.15. The SMILES string of the molecule is CC1CN(C(CN)c2ccc(Br)o2)CC(C)S1. The van der Waals surface area contributed by atoms with E-state index in [1.54, 1.807) is 0 Å². The Hall–Kier alpha value is 0.0300. The van der Waals surface area contributed by atoms with Crippen LogP contribution in [-0.4, -0.2) is 35.0 Å². The van der Waals surface area contributed by atoms with Crippen molar-refractivity contribution < 1.29 is 4.42 Å². The lowest BCUT2D eigenvalue weighted by molar-refractivity contribution is 0.176. The zero-order valence-electron chi connectivity index (χ0n) is 10.2. The lowest BCUT2D eigenvalue weighted by atomic mass is 10.1. The third-order valence-electron chi connectivity index (χ3n) is 3.03. The number of rotatable bonds is 3. The number of hydrogen-bond donors (Lipinski definition) is 1. The van der Waals surface area contributed by atoms with Gasteiger partial charge >= 0.3 is 0 Å². The molecule has 0 radical (unpaired) electrons. The molecule has 17 heavy (non-hydrogen) atoms. The summed E-state index contributed by atoms with van der Waals surface area (Å²) in [5.41, 5.74) is 5.91. The first-order valence-corrected chi connectivity index (χ1v) is 7.68. The maximum atomic E-state index is 5.91. The Kier molecular flexibility index (Phi) is 4.58. The molecule has 1 aromatic rings. The molecule has 1 aliphatic heterocycles. The van der Waals surface area contributed by atoms with Gasteiger partial charge in [-0.25, -0.2) is 0 Å². The van der Waals surface area contributed by atoms with E-state index < -0.39 is 0 Å². The molecule has 96 valence electrons. The monoisotopic (exact) mass is 318 g/mol. The Labute approximate surface area is 115 Å². The quantitative estimate of drug-likeness (QED) is 0.930. The summed E-state index contributed by atoms with van der Waals surface area (Å²) in [5.74, 6) is 0.964. The van der Waals surface area contributed by atoms with Crippen molar-refractivity contribution >= 4 is 27.7 Å². The minimum Gasteiger partial charge on any atom is -0.453 e. The molecule has 1 saturated heterocycles. The smallest absolute Gasteiger partial charge is 0.169 e. The second kappa shape index (κ2) is 5.78. The van der Waals surface area contributed by atoms with E-state index in [-0.39, 0.29) is 6.04 Å². The fourth-order valence-corrected chi connectivity index (χ4v) is 4.09. The molecular weight excluding hydrogens is 300 g/mol. The van der Waals surface area contributed by atoms with Crippen LogP contribution >= 0.6 is 27.7 Å². The third-order valence-corrected chi connectivity index (χ3v) is 4.69. The predicted molar refractivity (Wildman–Crippen MR) is 76.3 cm³/mol. The summed E-state index contributed by atoms with van der Waals surface area (Å²) in [6.07, 6.45) is 0. The summed E-state index contributed by atoms with van der Waals surface area (Å²) < 4.78 is 6.42. The van der Waals surface area contributed by atoms with E-state index in [0.717, 1.165) is 23.5 Å². The highest BCUT2D eigenvalue weighted by molar-refractivity contribution is 9.10. The second-order valence-corrected chi connectivity index (χ2v) is 7.27. The molecule has 0 amide bonds. The van der Waals surface area contributed by atoms with Gasteiger partial charge < -0.3 is 10.2 Å². The van der Waals surface area contributed by atoms with Gasteiger partial charge in [-0.15, -0.1) is 0 Å². The Morgan fingerprint density at radius 1 is 1.47 bits per heavy atom. The van der Waals surface area contributed by atoms with Crippen molar-refractivity contribution in [2.45, 2.75) is 30.4 Å². The lowest BCUT2D eigenvalue weighted by Gasteiger charge is -2.38. The van der Waals surface area contributed by atoms with Crippen molar-refractivity contribution in [1.82, 2.24) is 4.90 Å². The van der Waals surface area contributed by atoms with Crippen LogP contribution < -0.4 is 5.73 Å². The largest absolute Gasteiger partial charge is 0.453 e. The Morgan fingerprint density at radius 3 is 2.59 bits per heavy atom. The zero-order valence-corrected chi connectivity index (χ0v) is 12.6.